The van der Waals surface area contributed by atoms with E-state index >= 15 is 0 Å². The lowest BCUT2D eigenvalue weighted by Gasteiger charge is -2.31. The maximum atomic E-state index is 12.7. The molecule has 1 aliphatic rings. The molecule has 1 saturated heterocycles. The molecule has 0 aliphatic carbocycles. The van der Waals surface area contributed by atoms with Gasteiger partial charge in [0.05, 0.1) is 12.7 Å². The van der Waals surface area contributed by atoms with Crippen LogP contribution in [0.25, 0.3) is 6.08 Å². The summed E-state index contributed by atoms with van der Waals surface area (Å²) < 4.78 is 5.49. The van der Waals surface area contributed by atoms with Crippen molar-refractivity contribution in [2.75, 3.05) is 25.0 Å². The van der Waals surface area contributed by atoms with Crippen molar-refractivity contribution >= 4 is 35.2 Å². The quantitative estimate of drug-likeness (QED) is 0.783. The lowest BCUT2D eigenvalue weighted by molar-refractivity contribution is -0.112. The molecule has 1 fully saturated rings. The molecule has 2 aromatic rings. The number of morpholine rings is 1. The second kappa shape index (κ2) is 9.04. The average Bonchev–Trinajstić information content (AvgIpc) is 2.69. The Kier molecular flexibility index (Phi) is 6.49. The summed E-state index contributed by atoms with van der Waals surface area (Å²) in [6.07, 6.45) is 1.82. The van der Waals surface area contributed by atoms with Gasteiger partial charge in [-0.25, -0.2) is 0 Å². The van der Waals surface area contributed by atoms with Gasteiger partial charge in [0.2, 0.25) is 0 Å². The summed E-state index contributed by atoms with van der Waals surface area (Å²) in [5, 5.41) is 3.50. The fourth-order valence-corrected chi connectivity index (χ4v) is 3.15. The van der Waals surface area contributed by atoms with Crippen molar-refractivity contribution in [2.45, 2.75) is 20.0 Å². The van der Waals surface area contributed by atoms with E-state index in [9.17, 15) is 9.59 Å². The van der Waals surface area contributed by atoms with E-state index in [0.29, 0.717) is 41.5 Å². The Morgan fingerprint density at radius 3 is 2.68 bits per heavy atom. The van der Waals surface area contributed by atoms with Crippen LogP contribution in [0.1, 0.15) is 29.8 Å². The summed E-state index contributed by atoms with van der Waals surface area (Å²) >= 11 is 5.88. The molecule has 3 rings (SSSR count). The predicted molar refractivity (Wildman–Crippen MR) is 111 cm³/mol. The van der Waals surface area contributed by atoms with E-state index in [0.717, 1.165) is 5.56 Å². The number of ether oxygens (including phenoxy) is 1. The van der Waals surface area contributed by atoms with Crippen LogP contribution in [0.3, 0.4) is 0 Å². The number of nitrogens with one attached hydrogen (secondary N) is 1. The molecule has 5 nitrogen and oxygen atoms in total. The first-order valence-electron chi connectivity index (χ1n) is 9.18. The van der Waals surface area contributed by atoms with Crippen LogP contribution in [0, 0.1) is 0 Å². The summed E-state index contributed by atoms with van der Waals surface area (Å²) in [5.41, 5.74) is 2.58. The molecule has 1 heterocycles. The summed E-state index contributed by atoms with van der Waals surface area (Å²) in [6.45, 7) is 5.37. The number of carbonyl (C=O) groups excluding carboxylic acids is 2. The molecule has 0 radical (unpaired) electrons. The van der Waals surface area contributed by atoms with E-state index in [1.807, 2.05) is 19.1 Å². The Bertz CT molecular complexity index is 893. The van der Waals surface area contributed by atoms with Crippen LogP contribution in [0.4, 0.5) is 5.69 Å². The predicted octanol–water partition coefficient (Wildman–Crippen LogP) is 4.24. The van der Waals surface area contributed by atoms with Gasteiger partial charge in [0.25, 0.3) is 11.8 Å². The first kappa shape index (κ1) is 20.1. The van der Waals surface area contributed by atoms with Crippen LogP contribution in [0.5, 0.6) is 0 Å². The maximum Gasteiger partial charge on any atom is 0.254 e. The molecule has 146 valence electrons. The van der Waals surface area contributed by atoms with E-state index in [1.165, 1.54) is 0 Å². The number of hydrogen-bond donors (Lipinski definition) is 1. The van der Waals surface area contributed by atoms with Gasteiger partial charge >= 0.3 is 0 Å². The van der Waals surface area contributed by atoms with E-state index in [2.05, 4.69) is 5.32 Å². The van der Waals surface area contributed by atoms with Crippen molar-refractivity contribution in [2.24, 2.45) is 0 Å². The number of rotatable bonds is 4. The topological polar surface area (TPSA) is 58.6 Å². The molecular weight excluding hydrogens is 376 g/mol. The number of carbonyl (C=O) groups is 2. The molecular formula is C22H23ClN2O3. The van der Waals surface area contributed by atoms with E-state index in [4.69, 9.17) is 16.3 Å². The SMILES string of the molecule is C/C(=C\c1ccc(Cl)cc1)C(=O)Nc1cccc(C(=O)N2CCOC(C)C2)c1. The second-order valence-electron chi connectivity index (χ2n) is 6.85. The van der Waals surface area contributed by atoms with E-state index in [1.54, 1.807) is 54.3 Å². The Morgan fingerprint density at radius 2 is 1.96 bits per heavy atom. The zero-order valence-electron chi connectivity index (χ0n) is 15.9. The van der Waals surface area contributed by atoms with Crippen LogP contribution in [-0.2, 0) is 9.53 Å². The number of benzene rings is 2. The molecule has 1 N–H and O–H groups in total. The van der Waals surface area contributed by atoms with Gasteiger partial charge < -0.3 is 15.0 Å². The van der Waals surface area contributed by atoms with Gasteiger partial charge in [0.15, 0.2) is 0 Å². The average molecular weight is 399 g/mol. The monoisotopic (exact) mass is 398 g/mol. The molecule has 28 heavy (non-hydrogen) atoms. The third-order valence-corrected chi connectivity index (χ3v) is 4.76. The van der Waals surface area contributed by atoms with Crippen LogP contribution in [0.2, 0.25) is 5.02 Å². The maximum absolute atomic E-state index is 12.7. The van der Waals surface area contributed by atoms with Gasteiger partial charge in [0.1, 0.15) is 0 Å². The largest absolute Gasteiger partial charge is 0.375 e. The molecule has 2 amide bonds. The zero-order chi connectivity index (χ0) is 20.1. The van der Waals surface area contributed by atoms with Gasteiger partial charge in [-0.1, -0.05) is 29.8 Å². The number of anilines is 1. The second-order valence-corrected chi connectivity index (χ2v) is 7.28. The molecule has 0 saturated carbocycles. The third kappa shape index (κ3) is 5.21. The molecule has 2 aromatic carbocycles. The minimum Gasteiger partial charge on any atom is -0.375 e. The number of halogens is 1. The van der Waals surface area contributed by atoms with Crippen molar-refractivity contribution < 1.29 is 14.3 Å². The van der Waals surface area contributed by atoms with Crippen LogP contribution >= 0.6 is 11.6 Å². The van der Waals surface area contributed by atoms with Gasteiger partial charge in [-0.3, -0.25) is 9.59 Å². The van der Waals surface area contributed by atoms with Crippen molar-refractivity contribution in [3.8, 4) is 0 Å². The summed E-state index contributed by atoms with van der Waals surface area (Å²) in [6, 6.07) is 14.3. The normalized spacial score (nSPS) is 17.3. The Labute approximate surface area is 169 Å². The van der Waals surface area contributed by atoms with Gasteiger partial charge in [0, 0.05) is 34.9 Å². The van der Waals surface area contributed by atoms with Crippen molar-refractivity contribution in [1.29, 1.82) is 0 Å². The summed E-state index contributed by atoms with van der Waals surface area (Å²) in [5.74, 6) is -0.278. The highest BCUT2D eigenvalue weighted by Crippen LogP contribution is 2.17. The minimum absolute atomic E-state index is 0.0289. The Hall–Kier alpha value is -2.63. The Morgan fingerprint density at radius 1 is 1.21 bits per heavy atom. The van der Waals surface area contributed by atoms with Crippen molar-refractivity contribution in [1.82, 2.24) is 4.90 Å². The zero-order valence-corrected chi connectivity index (χ0v) is 16.7. The molecule has 0 aromatic heterocycles. The van der Waals surface area contributed by atoms with Crippen LogP contribution in [0.15, 0.2) is 54.1 Å². The van der Waals surface area contributed by atoms with Gasteiger partial charge in [-0.15, -0.1) is 0 Å². The lowest BCUT2D eigenvalue weighted by Crippen LogP contribution is -2.44. The highest BCUT2D eigenvalue weighted by molar-refractivity contribution is 6.30. The molecule has 1 aliphatic heterocycles. The highest BCUT2D eigenvalue weighted by Gasteiger charge is 2.22. The Balaban J connectivity index is 1.69. The van der Waals surface area contributed by atoms with E-state index < -0.39 is 0 Å². The van der Waals surface area contributed by atoms with Gasteiger partial charge in [-0.2, -0.15) is 0 Å². The van der Waals surface area contributed by atoms with Gasteiger partial charge in [-0.05, 0) is 55.8 Å². The van der Waals surface area contributed by atoms with Crippen LogP contribution in [-0.4, -0.2) is 42.5 Å². The standard InChI is InChI=1S/C22H23ClN2O3/c1-15(12-17-6-8-19(23)9-7-17)21(26)24-20-5-3-4-18(13-20)22(27)25-10-11-28-16(2)14-25/h3-9,12-13,16H,10-11,14H2,1-2H3,(H,24,26)/b15-12+. The lowest BCUT2D eigenvalue weighted by atomic mass is 10.1. The summed E-state index contributed by atoms with van der Waals surface area (Å²) in [7, 11) is 0. The van der Waals surface area contributed by atoms with E-state index in [-0.39, 0.29) is 17.9 Å². The first-order valence-corrected chi connectivity index (χ1v) is 9.56. The smallest absolute Gasteiger partial charge is 0.254 e. The molecule has 6 heteroatoms. The molecule has 1 unspecified atom stereocenters. The fourth-order valence-electron chi connectivity index (χ4n) is 3.02. The van der Waals surface area contributed by atoms with Crippen LogP contribution < -0.4 is 5.32 Å². The van der Waals surface area contributed by atoms with Crippen molar-refractivity contribution in [3.63, 3.8) is 0 Å². The minimum atomic E-state index is -0.223. The van der Waals surface area contributed by atoms with Crippen molar-refractivity contribution in [3.05, 3.63) is 70.3 Å². The highest BCUT2D eigenvalue weighted by atomic mass is 35.5. The summed E-state index contributed by atoms with van der Waals surface area (Å²) in [4.78, 5) is 27.0. The number of nitrogens with zero attached hydrogens (tertiary/aromatic N) is 1. The number of hydrogen-bond acceptors (Lipinski definition) is 3. The number of amides is 2. The third-order valence-electron chi connectivity index (χ3n) is 4.51. The fraction of sp³-hybridized carbons (Fsp3) is 0.273. The molecule has 0 bridgehead atoms. The molecule has 0 spiro atoms. The first-order chi connectivity index (χ1) is 13.4. The molecule has 1 atom stereocenters.